The van der Waals surface area contributed by atoms with Gasteiger partial charge in [0.25, 0.3) is 0 Å². The van der Waals surface area contributed by atoms with Crippen LogP contribution in [-0.4, -0.2) is 73.4 Å². The molecule has 0 rings (SSSR count). The van der Waals surface area contributed by atoms with Crippen molar-refractivity contribution in [2.45, 2.75) is 167 Å². The maximum atomic E-state index is 12.8. The van der Waals surface area contributed by atoms with Crippen molar-refractivity contribution in [3.05, 3.63) is 36.5 Å². The van der Waals surface area contributed by atoms with Gasteiger partial charge in [-0.2, -0.15) is 0 Å². The van der Waals surface area contributed by atoms with Crippen molar-refractivity contribution in [2.75, 3.05) is 40.9 Å². The van der Waals surface area contributed by atoms with E-state index in [9.17, 15) is 19.4 Å². The molecule has 48 heavy (non-hydrogen) atoms. The smallest absolute Gasteiger partial charge is 0.387 e. The van der Waals surface area contributed by atoms with Gasteiger partial charge in [-0.3, -0.25) is 13.8 Å². The van der Waals surface area contributed by atoms with E-state index in [2.05, 4.69) is 43.5 Å². The van der Waals surface area contributed by atoms with Crippen molar-refractivity contribution in [3.8, 4) is 0 Å². The number of carbonyl (C=O) groups is 1. The normalized spacial score (nSPS) is 15.1. The zero-order valence-corrected chi connectivity index (χ0v) is 32.6. The number of phosphoric acid groups is 1. The van der Waals surface area contributed by atoms with Crippen LogP contribution in [0.1, 0.15) is 155 Å². The molecule has 0 fully saturated rings. The van der Waals surface area contributed by atoms with Crippen LogP contribution in [0.3, 0.4) is 0 Å². The number of hydrogen-bond acceptors (Lipinski definition) is 5. The summed E-state index contributed by atoms with van der Waals surface area (Å²) in [7, 11) is 1.54. The van der Waals surface area contributed by atoms with Gasteiger partial charge in [0, 0.05) is 6.42 Å². The van der Waals surface area contributed by atoms with E-state index >= 15 is 0 Å². The first-order valence-corrected chi connectivity index (χ1v) is 20.9. The topological polar surface area (TPSA) is 105 Å². The molecule has 0 saturated carbocycles. The predicted octanol–water partition coefficient (Wildman–Crippen LogP) is 9.96. The Bertz CT molecular complexity index is 886. The fraction of sp³-hybridized carbons (Fsp3) is 0.821. The Morgan fingerprint density at radius 3 is 1.67 bits per heavy atom. The highest BCUT2D eigenvalue weighted by molar-refractivity contribution is 7.47. The van der Waals surface area contributed by atoms with Crippen LogP contribution in [-0.2, 0) is 18.4 Å². The standard InChI is InChI=1S/C39H75N2O6P/c1-6-8-10-12-14-16-18-19-20-21-23-24-26-28-30-32-38(42)37(36-47-48(44,45)46-35-34-41(3,4)5)40-39(43)33-31-29-27-25-22-17-15-13-11-9-7-2/h18-19,23-24,30,32,37-38,42H,6-17,20-22,25-29,31,33-36H2,1-5H3,(H-,40,43,44,45)/p+1/b19-18+,24-23+,32-30+. The number of aliphatic hydroxyl groups excluding tert-OH is 1. The van der Waals surface area contributed by atoms with Crippen molar-refractivity contribution < 1.29 is 32.9 Å². The summed E-state index contributed by atoms with van der Waals surface area (Å²) in [6.45, 7) is 4.73. The minimum absolute atomic E-state index is 0.0541. The van der Waals surface area contributed by atoms with Crippen LogP contribution >= 0.6 is 7.82 Å². The average Bonchev–Trinajstić information content (AvgIpc) is 3.02. The Kier molecular flexibility index (Phi) is 30.8. The van der Waals surface area contributed by atoms with E-state index < -0.39 is 20.0 Å². The quantitative estimate of drug-likeness (QED) is 0.0267. The molecule has 0 aromatic carbocycles. The van der Waals surface area contributed by atoms with Gasteiger partial charge in [-0.05, 0) is 44.9 Å². The lowest BCUT2D eigenvalue weighted by Crippen LogP contribution is -2.45. The number of allylic oxidation sites excluding steroid dienone is 5. The highest BCUT2D eigenvalue weighted by atomic mass is 31.2. The lowest BCUT2D eigenvalue weighted by Gasteiger charge is -2.25. The molecule has 3 atom stereocenters. The van der Waals surface area contributed by atoms with E-state index in [1.54, 1.807) is 6.08 Å². The minimum atomic E-state index is -4.34. The highest BCUT2D eigenvalue weighted by Crippen LogP contribution is 2.43. The van der Waals surface area contributed by atoms with Gasteiger partial charge in [0.2, 0.25) is 5.91 Å². The molecule has 9 heteroatoms. The lowest BCUT2D eigenvalue weighted by atomic mass is 10.0. The summed E-state index contributed by atoms with van der Waals surface area (Å²) in [4.78, 5) is 22.9. The molecule has 0 aliphatic rings. The van der Waals surface area contributed by atoms with Gasteiger partial charge in [0.15, 0.2) is 0 Å². The van der Waals surface area contributed by atoms with Gasteiger partial charge in [-0.1, -0.05) is 140 Å². The molecular formula is C39H76N2O6P+. The minimum Gasteiger partial charge on any atom is -0.387 e. The second-order valence-electron chi connectivity index (χ2n) is 14.3. The molecule has 0 saturated heterocycles. The van der Waals surface area contributed by atoms with Crippen LogP contribution < -0.4 is 5.32 Å². The van der Waals surface area contributed by atoms with E-state index in [0.29, 0.717) is 17.4 Å². The van der Waals surface area contributed by atoms with Gasteiger partial charge < -0.3 is 19.8 Å². The first-order valence-electron chi connectivity index (χ1n) is 19.4. The van der Waals surface area contributed by atoms with Crippen molar-refractivity contribution in [2.24, 2.45) is 0 Å². The largest absolute Gasteiger partial charge is 0.472 e. The van der Waals surface area contributed by atoms with E-state index in [1.807, 2.05) is 27.2 Å². The van der Waals surface area contributed by atoms with Crippen LogP contribution in [0.4, 0.5) is 0 Å². The van der Waals surface area contributed by atoms with E-state index in [4.69, 9.17) is 9.05 Å². The molecule has 0 aliphatic carbocycles. The van der Waals surface area contributed by atoms with Gasteiger partial charge in [0.05, 0.1) is 39.9 Å². The van der Waals surface area contributed by atoms with Crippen molar-refractivity contribution in [1.82, 2.24) is 5.32 Å². The molecule has 0 aliphatic heterocycles. The van der Waals surface area contributed by atoms with E-state index in [1.165, 1.54) is 89.9 Å². The maximum Gasteiger partial charge on any atom is 0.472 e. The first-order chi connectivity index (χ1) is 23.0. The Morgan fingerprint density at radius 2 is 1.15 bits per heavy atom. The second-order valence-corrected chi connectivity index (χ2v) is 15.7. The Morgan fingerprint density at radius 1 is 0.688 bits per heavy atom. The van der Waals surface area contributed by atoms with Gasteiger partial charge in [0.1, 0.15) is 13.2 Å². The number of hydrogen-bond donors (Lipinski definition) is 3. The molecule has 3 N–H and O–H groups in total. The third kappa shape index (κ3) is 33.2. The molecule has 3 unspecified atom stereocenters. The van der Waals surface area contributed by atoms with Crippen molar-refractivity contribution in [3.63, 3.8) is 0 Å². The summed E-state index contributed by atoms with van der Waals surface area (Å²) in [6, 6.07) is -0.863. The van der Waals surface area contributed by atoms with Crippen LogP contribution in [0.25, 0.3) is 0 Å². The van der Waals surface area contributed by atoms with Gasteiger partial charge in [-0.25, -0.2) is 4.57 Å². The van der Waals surface area contributed by atoms with Gasteiger partial charge in [-0.15, -0.1) is 0 Å². The summed E-state index contributed by atoms with van der Waals surface area (Å²) >= 11 is 0. The number of unbranched alkanes of at least 4 members (excludes halogenated alkanes) is 17. The fourth-order valence-corrected chi connectivity index (χ4v) is 5.92. The maximum absolute atomic E-state index is 12.8. The molecule has 8 nitrogen and oxygen atoms in total. The summed E-state index contributed by atoms with van der Waals surface area (Å²) in [5.41, 5.74) is 0. The average molecular weight is 700 g/mol. The number of nitrogens with one attached hydrogen (secondary N) is 1. The van der Waals surface area contributed by atoms with Crippen LogP contribution in [0.2, 0.25) is 0 Å². The summed E-state index contributed by atoms with van der Waals surface area (Å²) in [5, 5.41) is 13.7. The Balaban J connectivity index is 4.62. The monoisotopic (exact) mass is 700 g/mol. The molecule has 282 valence electrons. The number of phosphoric ester groups is 1. The molecule has 0 radical (unpaired) electrons. The van der Waals surface area contributed by atoms with E-state index in [-0.39, 0.29) is 19.1 Å². The van der Waals surface area contributed by atoms with Crippen molar-refractivity contribution >= 4 is 13.7 Å². The summed E-state index contributed by atoms with van der Waals surface area (Å²) in [6.07, 6.45) is 36.4. The molecular weight excluding hydrogens is 623 g/mol. The molecule has 0 aromatic heterocycles. The van der Waals surface area contributed by atoms with Crippen molar-refractivity contribution in [1.29, 1.82) is 0 Å². The predicted molar refractivity (Wildman–Crippen MR) is 203 cm³/mol. The molecule has 1 amide bonds. The fourth-order valence-electron chi connectivity index (χ4n) is 5.19. The second kappa shape index (κ2) is 31.7. The number of aliphatic hydroxyl groups is 1. The number of nitrogens with zero attached hydrogens (tertiary/aromatic N) is 1. The summed E-state index contributed by atoms with van der Waals surface area (Å²) < 4.78 is 23.4. The third-order valence-corrected chi connectivity index (χ3v) is 9.32. The molecule has 0 aromatic rings. The number of likely N-dealkylation sites (N-methyl/N-ethyl adjacent to an activating group) is 1. The van der Waals surface area contributed by atoms with E-state index in [0.717, 1.165) is 44.9 Å². The zero-order chi connectivity index (χ0) is 35.8. The number of amides is 1. The van der Waals surface area contributed by atoms with Crippen LogP contribution in [0.15, 0.2) is 36.5 Å². The molecule has 0 heterocycles. The first kappa shape index (κ1) is 46.7. The number of quaternary nitrogens is 1. The molecule has 0 bridgehead atoms. The number of carbonyl (C=O) groups excluding carboxylic acids is 1. The third-order valence-electron chi connectivity index (χ3n) is 8.34. The SMILES string of the molecule is CCCCCCC/C=C/CC/C=C/CC/C=C/C(O)C(COP(=O)(O)OCC[N+](C)(C)C)NC(=O)CCCCCCCCCCCCC. The number of rotatable bonds is 34. The highest BCUT2D eigenvalue weighted by Gasteiger charge is 2.27. The van der Waals surface area contributed by atoms with Crippen LogP contribution in [0, 0.1) is 0 Å². The van der Waals surface area contributed by atoms with Gasteiger partial charge >= 0.3 is 7.82 Å². The van der Waals surface area contributed by atoms with Crippen LogP contribution in [0.5, 0.6) is 0 Å². The lowest BCUT2D eigenvalue weighted by molar-refractivity contribution is -0.870. The Hall–Kier alpha value is -1.28. The molecule has 0 spiro atoms. The summed E-state index contributed by atoms with van der Waals surface area (Å²) in [5.74, 6) is -0.195. The Labute approximate surface area is 296 Å². The zero-order valence-electron chi connectivity index (χ0n) is 31.7.